The second-order valence-electron chi connectivity index (χ2n) is 5.04. The van der Waals surface area contributed by atoms with Crippen molar-refractivity contribution in [2.75, 3.05) is 31.7 Å². The summed E-state index contributed by atoms with van der Waals surface area (Å²) in [5.41, 5.74) is 1.17. The molecule has 20 heavy (non-hydrogen) atoms. The topological polar surface area (TPSA) is 41.5 Å². The molecule has 0 fully saturated rings. The van der Waals surface area contributed by atoms with E-state index in [0.29, 0.717) is 13.2 Å². The highest BCUT2D eigenvalue weighted by Crippen LogP contribution is 2.12. The number of aryl methyl sites for hydroxylation is 1. The number of thioether (sulfide) groups is 1. The van der Waals surface area contributed by atoms with Crippen molar-refractivity contribution in [3.05, 3.63) is 29.8 Å². The Kier molecular flexibility index (Phi) is 9.54. The van der Waals surface area contributed by atoms with E-state index < -0.39 is 6.10 Å². The maximum Gasteiger partial charge on any atom is 0.119 e. The lowest BCUT2D eigenvalue weighted by Crippen LogP contribution is -2.32. The van der Waals surface area contributed by atoms with Crippen LogP contribution in [-0.4, -0.2) is 42.9 Å². The lowest BCUT2D eigenvalue weighted by molar-refractivity contribution is 0.106. The third-order valence-electron chi connectivity index (χ3n) is 3.01. The fourth-order valence-electron chi connectivity index (χ4n) is 1.90. The van der Waals surface area contributed by atoms with Crippen molar-refractivity contribution in [2.45, 2.75) is 32.3 Å². The molecule has 0 aromatic heterocycles. The number of aliphatic hydroxyl groups excluding tert-OH is 1. The summed E-state index contributed by atoms with van der Waals surface area (Å²) >= 11 is 1.90. The van der Waals surface area contributed by atoms with Crippen LogP contribution in [0.15, 0.2) is 24.3 Å². The van der Waals surface area contributed by atoms with Crippen LogP contribution in [0.5, 0.6) is 5.75 Å². The summed E-state index contributed by atoms with van der Waals surface area (Å²) in [6.45, 7) is 3.93. The van der Waals surface area contributed by atoms with Crippen LogP contribution in [0, 0.1) is 6.92 Å². The average Bonchev–Trinajstić information content (AvgIpc) is 2.44. The van der Waals surface area contributed by atoms with E-state index in [1.54, 1.807) is 0 Å². The minimum absolute atomic E-state index is 0.336. The summed E-state index contributed by atoms with van der Waals surface area (Å²) in [5, 5.41) is 13.1. The van der Waals surface area contributed by atoms with E-state index >= 15 is 0 Å². The smallest absolute Gasteiger partial charge is 0.119 e. The standard InChI is InChI=1S/C16H27NO2S/c1-14-7-6-8-16(11-14)19-13-15(18)12-17-9-4-3-5-10-20-2/h6-8,11,15,17-18H,3-5,9-10,12-13H2,1-2H3. The van der Waals surface area contributed by atoms with Crippen molar-refractivity contribution < 1.29 is 9.84 Å². The number of unbranched alkanes of at least 4 members (excludes halogenated alkanes) is 2. The van der Waals surface area contributed by atoms with E-state index in [0.717, 1.165) is 12.3 Å². The summed E-state index contributed by atoms with van der Waals surface area (Å²) in [6.07, 6.45) is 5.39. The van der Waals surface area contributed by atoms with Gasteiger partial charge >= 0.3 is 0 Å². The van der Waals surface area contributed by atoms with E-state index in [4.69, 9.17) is 4.74 Å². The van der Waals surface area contributed by atoms with Crippen LogP contribution in [0.1, 0.15) is 24.8 Å². The van der Waals surface area contributed by atoms with Gasteiger partial charge in [0, 0.05) is 6.54 Å². The van der Waals surface area contributed by atoms with Crippen LogP contribution in [0.3, 0.4) is 0 Å². The van der Waals surface area contributed by atoms with Gasteiger partial charge in [0.05, 0.1) is 0 Å². The molecule has 1 unspecified atom stereocenters. The van der Waals surface area contributed by atoms with Gasteiger partial charge in [0.1, 0.15) is 18.5 Å². The van der Waals surface area contributed by atoms with Gasteiger partial charge in [0.2, 0.25) is 0 Å². The highest BCUT2D eigenvalue weighted by molar-refractivity contribution is 7.98. The predicted octanol–water partition coefficient (Wildman–Crippen LogP) is 2.86. The Labute approximate surface area is 127 Å². The Bertz CT molecular complexity index is 360. The zero-order chi connectivity index (χ0) is 14.6. The predicted molar refractivity (Wildman–Crippen MR) is 87.8 cm³/mol. The first-order valence-corrected chi connectivity index (χ1v) is 8.69. The number of hydrogen-bond acceptors (Lipinski definition) is 4. The molecule has 0 saturated heterocycles. The second-order valence-corrected chi connectivity index (χ2v) is 6.02. The first kappa shape index (κ1) is 17.3. The Morgan fingerprint density at radius 3 is 2.90 bits per heavy atom. The average molecular weight is 297 g/mol. The molecule has 0 amide bonds. The van der Waals surface area contributed by atoms with E-state index in [1.165, 1.54) is 30.6 Å². The Morgan fingerprint density at radius 1 is 1.30 bits per heavy atom. The highest BCUT2D eigenvalue weighted by atomic mass is 32.2. The zero-order valence-electron chi connectivity index (χ0n) is 12.6. The van der Waals surface area contributed by atoms with Gasteiger partial charge in [0.15, 0.2) is 0 Å². The molecule has 0 aliphatic rings. The number of ether oxygens (including phenoxy) is 1. The molecule has 0 saturated carbocycles. The van der Waals surface area contributed by atoms with Gasteiger partial charge < -0.3 is 15.2 Å². The van der Waals surface area contributed by atoms with Crippen molar-refractivity contribution in [1.82, 2.24) is 5.32 Å². The quantitative estimate of drug-likeness (QED) is 0.616. The lowest BCUT2D eigenvalue weighted by Gasteiger charge is -2.13. The monoisotopic (exact) mass is 297 g/mol. The van der Waals surface area contributed by atoms with Crippen molar-refractivity contribution in [2.24, 2.45) is 0 Å². The number of hydrogen-bond donors (Lipinski definition) is 2. The molecule has 2 N–H and O–H groups in total. The molecule has 0 aliphatic carbocycles. The van der Waals surface area contributed by atoms with Crippen LogP contribution in [0.4, 0.5) is 0 Å². The largest absolute Gasteiger partial charge is 0.491 e. The van der Waals surface area contributed by atoms with Gasteiger partial charge in [-0.15, -0.1) is 0 Å². The van der Waals surface area contributed by atoms with Crippen molar-refractivity contribution in [1.29, 1.82) is 0 Å². The van der Waals surface area contributed by atoms with Gasteiger partial charge in [-0.1, -0.05) is 18.6 Å². The minimum atomic E-state index is -0.457. The number of aliphatic hydroxyl groups is 1. The molecule has 4 heteroatoms. The molecule has 1 rings (SSSR count). The fraction of sp³-hybridized carbons (Fsp3) is 0.625. The molecule has 0 bridgehead atoms. The normalized spacial score (nSPS) is 12.3. The van der Waals surface area contributed by atoms with Crippen LogP contribution in [-0.2, 0) is 0 Å². The van der Waals surface area contributed by atoms with Crippen molar-refractivity contribution in [3.8, 4) is 5.75 Å². The van der Waals surface area contributed by atoms with Crippen LogP contribution < -0.4 is 10.1 Å². The summed E-state index contributed by atoms with van der Waals surface area (Å²) in [4.78, 5) is 0. The maximum absolute atomic E-state index is 9.83. The molecule has 0 radical (unpaired) electrons. The SMILES string of the molecule is CSCCCCCNCC(O)COc1cccc(C)c1. The van der Waals surface area contributed by atoms with Crippen LogP contribution in [0.25, 0.3) is 0 Å². The second kappa shape index (κ2) is 11.0. The summed E-state index contributed by atoms with van der Waals surface area (Å²) in [5.74, 6) is 2.06. The zero-order valence-corrected chi connectivity index (χ0v) is 13.4. The van der Waals surface area contributed by atoms with Gasteiger partial charge in [-0.3, -0.25) is 0 Å². The molecule has 0 aliphatic heterocycles. The molecule has 3 nitrogen and oxygen atoms in total. The van der Waals surface area contributed by atoms with Crippen molar-refractivity contribution in [3.63, 3.8) is 0 Å². The third-order valence-corrected chi connectivity index (χ3v) is 3.71. The number of rotatable bonds is 11. The van der Waals surface area contributed by atoms with Gasteiger partial charge in [-0.25, -0.2) is 0 Å². The molecule has 1 aromatic carbocycles. The van der Waals surface area contributed by atoms with Crippen LogP contribution in [0.2, 0.25) is 0 Å². The van der Waals surface area contributed by atoms with E-state index in [-0.39, 0.29) is 0 Å². The van der Waals surface area contributed by atoms with Gasteiger partial charge in [-0.2, -0.15) is 11.8 Å². The molecule has 114 valence electrons. The van der Waals surface area contributed by atoms with Gasteiger partial charge in [0.25, 0.3) is 0 Å². The van der Waals surface area contributed by atoms with Crippen LogP contribution >= 0.6 is 11.8 Å². The van der Waals surface area contributed by atoms with Crippen molar-refractivity contribution >= 4 is 11.8 Å². The van der Waals surface area contributed by atoms with E-state index in [1.807, 2.05) is 43.0 Å². The summed E-state index contributed by atoms with van der Waals surface area (Å²) in [6, 6.07) is 7.89. The first-order valence-electron chi connectivity index (χ1n) is 7.29. The Hall–Kier alpha value is -0.710. The number of nitrogens with one attached hydrogen (secondary N) is 1. The Morgan fingerprint density at radius 2 is 2.15 bits per heavy atom. The lowest BCUT2D eigenvalue weighted by atomic mass is 10.2. The summed E-state index contributed by atoms with van der Waals surface area (Å²) in [7, 11) is 0. The maximum atomic E-state index is 9.83. The molecular weight excluding hydrogens is 270 g/mol. The molecule has 1 aromatic rings. The fourth-order valence-corrected chi connectivity index (χ4v) is 2.39. The molecule has 0 spiro atoms. The molecule has 0 heterocycles. The number of benzene rings is 1. The Balaban J connectivity index is 2.01. The summed E-state index contributed by atoms with van der Waals surface area (Å²) < 4.78 is 5.57. The van der Waals surface area contributed by atoms with E-state index in [9.17, 15) is 5.11 Å². The molecular formula is C16H27NO2S. The highest BCUT2D eigenvalue weighted by Gasteiger charge is 2.04. The third kappa shape index (κ3) is 8.46. The minimum Gasteiger partial charge on any atom is -0.491 e. The van der Waals surface area contributed by atoms with E-state index in [2.05, 4.69) is 11.6 Å². The molecule has 1 atom stereocenters. The first-order chi connectivity index (χ1) is 9.72. The van der Waals surface area contributed by atoms with Gasteiger partial charge in [-0.05, 0) is 56.0 Å².